The third-order valence-corrected chi connectivity index (χ3v) is 3.23. The summed E-state index contributed by atoms with van der Waals surface area (Å²) in [6.07, 6.45) is 1.09. The van der Waals surface area contributed by atoms with Crippen molar-refractivity contribution in [1.82, 2.24) is 5.32 Å². The van der Waals surface area contributed by atoms with Crippen molar-refractivity contribution in [3.05, 3.63) is 39.4 Å². The fraction of sp³-hybridized carbons (Fsp3) is 0.385. The van der Waals surface area contributed by atoms with Gasteiger partial charge in [0.25, 0.3) is 0 Å². The molecule has 0 unspecified atom stereocenters. The van der Waals surface area contributed by atoms with Crippen molar-refractivity contribution in [3.63, 3.8) is 0 Å². The van der Waals surface area contributed by atoms with Crippen LogP contribution in [-0.4, -0.2) is 19.7 Å². The molecule has 5 heteroatoms. The van der Waals surface area contributed by atoms with E-state index in [1.807, 2.05) is 0 Å². The first kappa shape index (κ1) is 15.6. The lowest BCUT2D eigenvalue weighted by Crippen LogP contribution is -2.20. The predicted molar refractivity (Wildman–Crippen MR) is 79.3 cm³/mol. The average Bonchev–Trinajstić information content (AvgIpc) is 2.32. The van der Waals surface area contributed by atoms with Gasteiger partial charge in [0.15, 0.2) is 0 Å². The van der Waals surface area contributed by atoms with Crippen LogP contribution in [0, 0.1) is 0 Å². The number of hydrogen-bond donors (Lipinski definition) is 1. The molecule has 0 fully saturated rings. The Hall–Kier alpha value is -0.410. The number of ether oxygens (including phenoxy) is 1. The SMILES string of the molecule is C=C(CNCCC)COc1cc(Cl)c(Cl)cc1Cl. The van der Waals surface area contributed by atoms with Gasteiger partial charge in [-0.3, -0.25) is 0 Å². The minimum atomic E-state index is 0.397. The predicted octanol–water partition coefficient (Wildman–Crippen LogP) is 4.58. The van der Waals surface area contributed by atoms with Crippen LogP contribution >= 0.6 is 34.8 Å². The molecule has 0 aliphatic rings. The Bertz CT molecular complexity index is 421. The second kappa shape index (κ2) is 7.90. The molecule has 0 atom stereocenters. The molecule has 1 rings (SSSR count). The molecule has 0 radical (unpaired) electrons. The summed E-state index contributed by atoms with van der Waals surface area (Å²) in [5, 5.41) is 4.53. The van der Waals surface area contributed by atoms with E-state index in [1.54, 1.807) is 12.1 Å². The van der Waals surface area contributed by atoms with E-state index in [1.165, 1.54) is 0 Å². The molecule has 0 aliphatic heterocycles. The van der Waals surface area contributed by atoms with Gasteiger partial charge >= 0.3 is 0 Å². The maximum absolute atomic E-state index is 6.00. The lowest BCUT2D eigenvalue weighted by atomic mass is 10.3. The summed E-state index contributed by atoms with van der Waals surface area (Å²) in [5.74, 6) is 0.516. The van der Waals surface area contributed by atoms with Gasteiger partial charge in [-0.25, -0.2) is 0 Å². The van der Waals surface area contributed by atoms with Gasteiger partial charge in [-0.05, 0) is 24.6 Å². The minimum Gasteiger partial charge on any atom is -0.488 e. The lowest BCUT2D eigenvalue weighted by molar-refractivity contribution is 0.348. The van der Waals surface area contributed by atoms with Gasteiger partial charge in [-0.2, -0.15) is 0 Å². The number of hydrogen-bond acceptors (Lipinski definition) is 2. The molecule has 0 saturated heterocycles. The largest absolute Gasteiger partial charge is 0.488 e. The molecule has 0 aliphatic carbocycles. The van der Waals surface area contributed by atoms with Crippen molar-refractivity contribution < 1.29 is 4.74 Å². The Kier molecular flexibility index (Phi) is 6.87. The van der Waals surface area contributed by atoms with Crippen molar-refractivity contribution in [2.45, 2.75) is 13.3 Å². The summed E-state index contributed by atoms with van der Waals surface area (Å²) in [6.45, 7) is 8.13. The second-order valence-electron chi connectivity index (χ2n) is 3.91. The monoisotopic (exact) mass is 307 g/mol. The van der Waals surface area contributed by atoms with Crippen molar-refractivity contribution in [2.24, 2.45) is 0 Å². The van der Waals surface area contributed by atoms with Gasteiger partial charge in [0.1, 0.15) is 12.4 Å². The van der Waals surface area contributed by atoms with E-state index in [-0.39, 0.29) is 0 Å². The van der Waals surface area contributed by atoms with Gasteiger partial charge in [0.05, 0.1) is 15.1 Å². The summed E-state index contributed by atoms with van der Waals surface area (Å²) in [7, 11) is 0. The molecule has 0 amide bonds. The Morgan fingerprint density at radius 1 is 1.22 bits per heavy atom. The van der Waals surface area contributed by atoms with E-state index in [0.29, 0.717) is 27.4 Å². The zero-order valence-electron chi connectivity index (χ0n) is 10.2. The summed E-state index contributed by atoms with van der Waals surface area (Å²) in [4.78, 5) is 0. The molecular weight excluding hydrogens is 293 g/mol. The normalized spacial score (nSPS) is 10.4. The van der Waals surface area contributed by atoms with E-state index >= 15 is 0 Å². The van der Waals surface area contributed by atoms with Crippen molar-refractivity contribution in [3.8, 4) is 5.75 Å². The van der Waals surface area contributed by atoms with E-state index in [0.717, 1.165) is 25.1 Å². The zero-order chi connectivity index (χ0) is 13.5. The highest BCUT2D eigenvalue weighted by Gasteiger charge is 2.07. The maximum Gasteiger partial charge on any atom is 0.139 e. The highest BCUT2D eigenvalue weighted by molar-refractivity contribution is 6.43. The maximum atomic E-state index is 6.00. The fourth-order valence-corrected chi connectivity index (χ4v) is 1.88. The highest BCUT2D eigenvalue weighted by Crippen LogP contribution is 2.33. The molecule has 0 aromatic heterocycles. The highest BCUT2D eigenvalue weighted by atomic mass is 35.5. The Labute approximate surface area is 123 Å². The topological polar surface area (TPSA) is 21.3 Å². The summed E-state index contributed by atoms with van der Waals surface area (Å²) in [6, 6.07) is 3.18. The van der Waals surface area contributed by atoms with Gasteiger partial charge in [-0.15, -0.1) is 0 Å². The van der Waals surface area contributed by atoms with Crippen molar-refractivity contribution >= 4 is 34.8 Å². The first-order chi connectivity index (χ1) is 8.54. The van der Waals surface area contributed by atoms with Crippen LogP contribution in [0.1, 0.15) is 13.3 Å². The fourth-order valence-electron chi connectivity index (χ4n) is 1.29. The summed E-state index contributed by atoms with van der Waals surface area (Å²) >= 11 is 17.7. The summed E-state index contributed by atoms with van der Waals surface area (Å²) in [5.41, 5.74) is 0.950. The molecule has 2 nitrogen and oxygen atoms in total. The third kappa shape index (κ3) is 5.07. The molecule has 0 spiro atoms. The van der Waals surface area contributed by atoms with Crippen molar-refractivity contribution in [2.75, 3.05) is 19.7 Å². The Balaban J connectivity index is 2.48. The van der Waals surface area contributed by atoms with Crippen molar-refractivity contribution in [1.29, 1.82) is 0 Å². The minimum absolute atomic E-state index is 0.397. The van der Waals surface area contributed by atoms with E-state index in [4.69, 9.17) is 39.5 Å². The molecule has 100 valence electrons. The van der Waals surface area contributed by atoms with Crippen LogP contribution in [0.3, 0.4) is 0 Å². The van der Waals surface area contributed by atoms with Crippen LogP contribution < -0.4 is 10.1 Å². The molecule has 0 heterocycles. The van der Waals surface area contributed by atoms with Gasteiger partial charge in [-0.1, -0.05) is 48.3 Å². The standard InChI is InChI=1S/C13H16Cl3NO/c1-3-4-17-7-9(2)8-18-13-6-11(15)10(14)5-12(13)16/h5-6,17H,2-4,7-8H2,1H3. The number of rotatable bonds is 7. The van der Waals surface area contributed by atoms with Crippen LogP contribution in [0.5, 0.6) is 5.75 Å². The van der Waals surface area contributed by atoms with Gasteiger partial charge in [0, 0.05) is 12.6 Å². The Morgan fingerprint density at radius 3 is 2.56 bits per heavy atom. The molecule has 0 saturated carbocycles. The lowest BCUT2D eigenvalue weighted by Gasteiger charge is -2.11. The van der Waals surface area contributed by atoms with Crippen LogP contribution in [0.15, 0.2) is 24.3 Å². The van der Waals surface area contributed by atoms with E-state index < -0.39 is 0 Å². The molecule has 18 heavy (non-hydrogen) atoms. The number of nitrogens with one attached hydrogen (secondary N) is 1. The molecule has 1 aromatic carbocycles. The van der Waals surface area contributed by atoms with Crippen LogP contribution in [-0.2, 0) is 0 Å². The van der Waals surface area contributed by atoms with E-state index in [9.17, 15) is 0 Å². The number of benzene rings is 1. The quantitative estimate of drug-likeness (QED) is 0.452. The number of halogens is 3. The van der Waals surface area contributed by atoms with Crippen LogP contribution in [0.2, 0.25) is 15.1 Å². The second-order valence-corrected chi connectivity index (χ2v) is 5.13. The van der Waals surface area contributed by atoms with Crippen LogP contribution in [0.25, 0.3) is 0 Å². The van der Waals surface area contributed by atoms with Gasteiger partial charge < -0.3 is 10.1 Å². The van der Waals surface area contributed by atoms with Gasteiger partial charge in [0.2, 0.25) is 0 Å². The zero-order valence-corrected chi connectivity index (χ0v) is 12.5. The molecule has 0 bridgehead atoms. The average molecular weight is 309 g/mol. The first-order valence-electron chi connectivity index (χ1n) is 5.69. The molecule has 1 N–H and O–H groups in total. The van der Waals surface area contributed by atoms with Crippen LogP contribution in [0.4, 0.5) is 0 Å². The Morgan fingerprint density at radius 2 is 1.89 bits per heavy atom. The smallest absolute Gasteiger partial charge is 0.139 e. The first-order valence-corrected chi connectivity index (χ1v) is 6.82. The molecular formula is C13H16Cl3NO. The summed E-state index contributed by atoms with van der Waals surface area (Å²) < 4.78 is 5.55. The third-order valence-electron chi connectivity index (χ3n) is 2.21. The van der Waals surface area contributed by atoms with E-state index in [2.05, 4.69) is 18.8 Å². The molecule has 1 aromatic rings.